The molecule has 13 heavy (non-hydrogen) atoms. The summed E-state index contributed by atoms with van der Waals surface area (Å²) in [6.45, 7) is 6.55. The average Bonchev–Trinajstić information content (AvgIpc) is 2.59. The zero-order chi connectivity index (χ0) is 9.26. The predicted molar refractivity (Wildman–Crippen MR) is 52.7 cm³/mol. The van der Waals surface area contributed by atoms with Gasteiger partial charge < -0.3 is 9.88 Å². The van der Waals surface area contributed by atoms with Crippen LogP contribution in [-0.2, 0) is 13.1 Å². The topological polar surface area (TPSA) is 33.1 Å². The van der Waals surface area contributed by atoms with E-state index in [1.165, 1.54) is 5.69 Å². The molecule has 0 spiro atoms. The fraction of sp³-hybridized carbons (Fsp3) is 0.667. The van der Waals surface area contributed by atoms with Crippen molar-refractivity contribution < 1.29 is 0 Å². The van der Waals surface area contributed by atoms with Crippen LogP contribution in [0.15, 0.2) is 6.33 Å². The van der Waals surface area contributed by atoms with E-state index >= 15 is 0 Å². The van der Waals surface area contributed by atoms with Gasteiger partial charge in [-0.1, -0.05) is 6.92 Å². The van der Waals surface area contributed by atoms with Gasteiger partial charge in [-0.05, 0) is 6.54 Å². The molecule has 0 fully saturated rings. The lowest BCUT2D eigenvalue weighted by atomic mass is 10.3. The van der Waals surface area contributed by atoms with Crippen molar-refractivity contribution >= 4 is 5.82 Å². The molecule has 1 aliphatic rings. The fourth-order valence-corrected chi connectivity index (χ4v) is 1.78. The number of imidazole rings is 1. The molecular weight excluding hydrogens is 164 g/mol. The Morgan fingerprint density at radius 1 is 1.54 bits per heavy atom. The van der Waals surface area contributed by atoms with Crippen LogP contribution in [0.1, 0.15) is 12.6 Å². The van der Waals surface area contributed by atoms with Crippen molar-refractivity contribution in [2.45, 2.75) is 20.0 Å². The first-order chi connectivity index (χ1) is 6.35. The van der Waals surface area contributed by atoms with Crippen LogP contribution in [0.5, 0.6) is 0 Å². The molecule has 0 atom stereocenters. The van der Waals surface area contributed by atoms with E-state index in [2.05, 4.69) is 26.7 Å². The molecule has 1 aromatic rings. The van der Waals surface area contributed by atoms with Crippen LogP contribution in [0.25, 0.3) is 0 Å². The van der Waals surface area contributed by atoms with E-state index in [0.717, 1.165) is 32.0 Å². The SMILES string of the molecule is CCN1CCn2cnc(NC)c2C1. The van der Waals surface area contributed by atoms with Crippen molar-refractivity contribution in [2.75, 3.05) is 25.5 Å². The molecule has 4 nitrogen and oxygen atoms in total. The molecule has 0 amide bonds. The van der Waals surface area contributed by atoms with Gasteiger partial charge in [0.15, 0.2) is 0 Å². The largest absolute Gasteiger partial charge is 0.372 e. The minimum Gasteiger partial charge on any atom is -0.372 e. The summed E-state index contributed by atoms with van der Waals surface area (Å²) in [4.78, 5) is 6.74. The van der Waals surface area contributed by atoms with Crippen LogP contribution in [0, 0.1) is 0 Å². The molecule has 72 valence electrons. The third-order valence-corrected chi connectivity index (χ3v) is 2.66. The predicted octanol–water partition coefficient (Wildman–Crippen LogP) is 0.760. The monoisotopic (exact) mass is 180 g/mol. The Morgan fingerprint density at radius 3 is 3.08 bits per heavy atom. The van der Waals surface area contributed by atoms with Crippen molar-refractivity contribution in [3.8, 4) is 0 Å². The van der Waals surface area contributed by atoms with Gasteiger partial charge in [-0.15, -0.1) is 0 Å². The highest BCUT2D eigenvalue weighted by molar-refractivity contribution is 5.40. The van der Waals surface area contributed by atoms with Gasteiger partial charge in [-0.25, -0.2) is 4.98 Å². The number of aromatic nitrogens is 2. The summed E-state index contributed by atoms with van der Waals surface area (Å²) in [5.41, 5.74) is 1.32. The first-order valence-electron chi connectivity index (χ1n) is 4.79. The van der Waals surface area contributed by atoms with E-state index in [1.807, 2.05) is 13.4 Å². The molecule has 0 radical (unpaired) electrons. The number of nitrogens with zero attached hydrogens (tertiary/aromatic N) is 3. The van der Waals surface area contributed by atoms with Gasteiger partial charge >= 0.3 is 0 Å². The highest BCUT2D eigenvalue weighted by Crippen LogP contribution is 2.18. The lowest BCUT2D eigenvalue weighted by Gasteiger charge is -2.27. The smallest absolute Gasteiger partial charge is 0.148 e. The number of hydrogen-bond donors (Lipinski definition) is 1. The molecule has 1 aliphatic heterocycles. The summed E-state index contributed by atoms with van der Waals surface area (Å²) < 4.78 is 2.23. The van der Waals surface area contributed by atoms with E-state index in [9.17, 15) is 0 Å². The third-order valence-electron chi connectivity index (χ3n) is 2.66. The highest BCUT2D eigenvalue weighted by atomic mass is 15.2. The maximum absolute atomic E-state index is 4.31. The number of anilines is 1. The van der Waals surface area contributed by atoms with Gasteiger partial charge in [-0.3, -0.25) is 4.90 Å². The number of likely N-dealkylation sites (N-methyl/N-ethyl adjacent to an activating group) is 1. The van der Waals surface area contributed by atoms with Crippen LogP contribution >= 0.6 is 0 Å². The number of fused-ring (bicyclic) bond motifs is 1. The normalized spacial score (nSPS) is 17.1. The molecule has 2 heterocycles. The molecule has 0 unspecified atom stereocenters. The lowest BCUT2D eigenvalue weighted by Crippen LogP contribution is -2.33. The zero-order valence-electron chi connectivity index (χ0n) is 8.25. The van der Waals surface area contributed by atoms with Crippen LogP contribution in [0.4, 0.5) is 5.82 Å². The Labute approximate surface area is 78.6 Å². The summed E-state index contributed by atoms with van der Waals surface area (Å²) in [5, 5.41) is 3.12. The van der Waals surface area contributed by atoms with Crippen molar-refractivity contribution in [1.82, 2.24) is 14.5 Å². The van der Waals surface area contributed by atoms with Gasteiger partial charge in [0.05, 0.1) is 12.0 Å². The van der Waals surface area contributed by atoms with Crippen molar-refractivity contribution in [2.24, 2.45) is 0 Å². The Bertz CT molecular complexity index is 278. The Morgan fingerprint density at radius 2 is 2.38 bits per heavy atom. The minimum atomic E-state index is 1.02. The maximum Gasteiger partial charge on any atom is 0.148 e. The molecule has 0 saturated carbocycles. The number of rotatable bonds is 2. The summed E-state index contributed by atoms with van der Waals surface area (Å²) in [5.74, 6) is 1.03. The van der Waals surface area contributed by atoms with E-state index in [-0.39, 0.29) is 0 Å². The van der Waals surface area contributed by atoms with Gasteiger partial charge in [0, 0.05) is 26.7 Å². The second-order valence-electron chi connectivity index (χ2n) is 3.35. The second-order valence-corrected chi connectivity index (χ2v) is 3.35. The molecule has 0 aliphatic carbocycles. The first kappa shape index (κ1) is 8.56. The average molecular weight is 180 g/mol. The van der Waals surface area contributed by atoms with Crippen molar-refractivity contribution in [3.63, 3.8) is 0 Å². The molecule has 0 saturated heterocycles. The van der Waals surface area contributed by atoms with E-state index < -0.39 is 0 Å². The third kappa shape index (κ3) is 1.42. The summed E-state index contributed by atoms with van der Waals surface area (Å²) in [6, 6.07) is 0. The fourth-order valence-electron chi connectivity index (χ4n) is 1.78. The van der Waals surface area contributed by atoms with Crippen LogP contribution < -0.4 is 5.32 Å². The van der Waals surface area contributed by atoms with E-state index in [0.29, 0.717) is 0 Å². The van der Waals surface area contributed by atoms with Crippen molar-refractivity contribution in [3.05, 3.63) is 12.0 Å². The zero-order valence-corrected chi connectivity index (χ0v) is 8.25. The molecular formula is C9H16N4. The molecule has 0 aromatic carbocycles. The highest BCUT2D eigenvalue weighted by Gasteiger charge is 2.17. The summed E-state index contributed by atoms with van der Waals surface area (Å²) in [6.07, 6.45) is 1.92. The van der Waals surface area contributed by atoms with Crippen LogP contribution in [-0.4, -0.2) is 34.6 Å². The number of hydrogen-bond acceptors (Lipinski definition) is 3. The van der Waals surface area contributed by atoms with Crippen LogP contribution in [0.2, 0.25) is 0 Å². The Hall–Kier alpha value is -1.03. The molecule has 2 rings (SSSR count). The summed E-state index contributed by atoms with van der Waals surface area (Å²) in [7, 11) is 1.92. The van der Waals surface area contributed by atoms with Gasteiger partial charge in [0.25, 0.3) is 0 Å². The minimum absolute atomic E-state index is 1.02. The van der Waals surface area contributed by atoms with E-state index in [4.69, 9.17) is 0 Å². The Balaban J connectivity index is 2.25. The molecule has 0 bridgehead atoms. The lowest BCUT2D eigenvalue weighted by molar-refractivity contribution is 0.233. The van der Waals surface area contributed by atoms with Gasteiger partial charge in [0.1, 0.15) is 5.82 Å². The van der Waals surface area contributed by atoms with Crippen molar-refractivity contribution in [1.29, 1.82) is 0 Å². The maximum atomic E-state index is 4.31. The molecule has 1 aromatic heterocycles. The van der Waals surface area contributed by atoms with E-state index in [1.54, 1.807) is 0 Å². The standard InChI is InChI=1S/C9H16N4/c1-3-12-4-5-13-7-11-9(10-2)8(13)6-12/h7,10H,3-6H2,1-2H3. The van der Waals surface area contributed by atoms with Gasteiger partial charge in [-0.2, -0.15) is 0 Å². The molecule has 4 heteroatoms. The van der Waals surface area contributed by atoms with Crippen LogP contribution in [0.3, 0.4) is 0 Å². The quantitative estimate of drug-likeness (QED) is 0.729. The number of nitrogens with one attached hydrogen (secondary N) is 1. The summed E-state index contributed by atoms with van der Waals surface area (Å²) >= 11 is 0. The molecule has 1 N–H and O–H groups in total. The van der Waals surface area contributed by atoms with Gasteiger partial charge in [0.2, 0.25) is 0 Å². The Kier molecular flexibility index (Phi) is 2.22. The second kappa shape index (κ2) is 3.38. The first-order valence-corrected chi connectivity index (χ1v) is 4.79.